The smallest absolute Gasteiger partial charge is 0.325 e. The molecule has 0 bridgehead atoms. The SMILES string of the molecule is Cc1cc(C(=O)CN2C(=O)N[C@@]3(CCOc4ccccc43)C2=O)c(C)n1C1CC1. The Hall–Kier alpha value is -3.09. The van der Waals surface area contributed by atoms with Crippen molar-refractivity contribution >= 4 is 17.7 Å². The van der Waals surface area contributed by atoms with Crippen LogP contribution >= 0.6 is 0 Å². The number of aryl methyl sites for hydroxylation is 1. The van der Waals surface area contributed by atoms with Gasteiger partial charge in [0.25, 0.3) is 5.91 Å². The fourth-order valence-corrected chi connectivity index (χ4v) is 4.70. The molecule has 1 aliphatic carbocycles. The van der Waals surface area contributed by atoms with Crippen LogP contribution in [-0.4, -0.2) is 40.3 Å². The zero-order valence-electron chi connectivity index (χ0n) is 16.5. The van der Waals surface area contributed by atoms with Crippen LogP contribution in [0.1, 0.15) is 52.6 Å². The molecular weight excluding hydrogens is 370 g/mol. The van der Waals surface area contributed by atoms with Crippen LogP contribution in [0.2, 0.25) is 0 Å². The van der Waals surface area contributed by atoms with E-state index in [1.165, 1.54) is 0 Å². The van der Waals surface area contributed by atoms with Crippen molar-refractivity contribution in [1.29, 1.82) is 0 Å². The van der Waals surface area contributed by atoms with Gasteiger partial charge in [-0.1, -0.05) is 18.2 Å². The van der Waals surface area contributed by atoms with Crippen LogP contribution in [0.4, 0.5) is 4.79 Å². The summed E-state index contributed by atoms with van der Waals surface area (Å²) in [7, 11) is 0. The molecule has 2 aromatic rings. The number of rotatable bonds is 4. The fourth-order valence-electron chi connectivity index (χ4n) is 4.70. The molecule has 29 heavy (non-hydrogen) atoms. The molecular formula is C22H23N3O4. The van der Waals surface area contributed by atoms with E-state index in [9.17, 15) is 14.4 Å². The minimum atomic E-state index is -1.16. The van der Waals surface area contributed by atoms with E-state index in [1.54, 1.807) is 12.1 Å². The third kappa shape index (κ3) is 2.60. The lowest BCUT2D eigenvalue weighted by Crippen LogP contribution is -2.47. The lowest BCUT2D eigenvalue weighted by atomic mass is 9.84. The molecule has 1 spiro atoms. The van der Waals surface area contributed by atoms with Gasteiger partial charge in [-0.15, -0.1) is 0 Å². The van der Waals surface area contributed by atoms with E-state index in [-0.39, 0.29) is 18.2 Å². The number of hydrogen-bond donors (Lipinski definition) is 1. The van der Waals surface area contributed by atoms with Crippen molar-refractivity contribution in [3.63, 3.8) is 0 Å². The van der Waals surface area contributed by atoms with Gasteiger partial charge in [0.05, 0.1) is 13.2 Å². The number of hydrogen-bond acceptors (Lipinski definition) is 4. The predicted molar refractivity (Wildman–Crippen MR) is 105 cm³/mol. The molecule has 2 aliphatic heterocycles. The molecule has 2 fully saturated rings. The molecule has 1 atom stereocenters. The van der Waals surface area contributed by atoms with E-state index < -0.39 is 11.6 Å². The van der Waals surface area contributed by atoms with E-state index in [0.717, 1.165) is 29.1 Å². The average Bonchev–Trinajstić information content (AvgIpc) is 3.45. The van der Waals surface area contributed by atoms with Gasteiger partial charge >= 0.3 is 6.03 Å². The number of amides is 3. The average molecular weight is 393 g/mol. The summed E-state index contributed by atoms with van der Waals surface area (Å²) in [6.45, 7) is 3.99. The van der Waals surface area contributed by atoms with Crippen molar-refractivity contribution in [3.05, 3.63) is 52.8 Å². The van der Waals surface area contributed by atoms with Crippen LogP contribution in [0.3, 0.4) is 0 Å². The molecule has 3 aliphatic rings. The topological polar surface area (TPSA) is 80.6 Å². The number of imide groups is 1. The van der Waals surface area contributed by atoms with Gasteiger partial charge in [0.2, 0.25) is 0 Å². The Bertz CT molecular complexity index is 1050. The van der Waals surface area contributed by atoms with E-state index in [1.807, 2.05) is 32.0 Å². The van der Waals surface area contributed by atoms with Crippen molar-refractivity contribution in [2.45, 2.75) is 44.7 Å². The predicted octanol–water partition coefficient (Wildman–Crippen LogP) is 2.85. The van der Waals surface area contributed by atoms with Gasteiger partial charge < -0.3 is 14.6 Å². The molecule has 1 saturated heterocycles. The van der Waals surface area contributed by atoms with Crippen LogP contribution in [0.25, 0.3) is 0 Å². The molecule has 3 amide bonds. The van der Waals surface area contributed by atoms with Crippen LogP contribution in [0.5, 0.6) is 5.75 Å². The van der Waals surface area contributed by atoms with Crippen molar-refractivity contribution in [3.8, 4) is 5.75 Å². The first-order valence-corrected chi connectivity index (χ1v) is 10.0. The first kappa shape index (κ1) is 18.0. The normalized spacial score (nSPS) is 23.2. The molecule has 150 valence electrons. The van der Waals surface area contributed by atoms with Crippen LogP contribution in [0.15, 0.2) is 30.3 Å². The Morgan fingerprint density at radius 2 is 2.00 bits per heavy atom. The highest BCUT2D eigenvalue weighted by Gasteiger charge is 2.55. The van der Waals surface area contributed by atoms with Crippen molar-refractivity contribution in [1.82, 2.24) is 14.8 Å². The summed E-state index contributed by atoms with van der Waals surface area (Å²) in [4.78, 5) is 40.1. The minimum Gasteiger partial charge on any atom is -0.493 e. The van der Waals surface area contributed by atoms with Crippen LogP contribution < -0.4 is 10.1 Å². The van der Waals surface area contributed by atoms with Crippen LogP contribution in [-0.2, 0) is 10.3 Å². The molecule has 1 N–H and O–H groups in total. The summed E-state index contributed by atoms with van der Waals surface area (Å²) in [5.41, 5.74) is 2.03. The van der Waals surface area contributed by atoms with Gasteiger partial charge in [0.15, 0.2) is 11.3 Å². The summed E-state index contributed by atoms with van der Waals surface area (Å²) >= 11 is 0. The Morgan fingerprint density at radius 3 is 2.76 bits per heavy atom. The van der Waals surface area contributed by atoms with Gasteiger partial charge in [0, 0.05) is 35.0 Å². The highest BCUT2D eigenvalue weighted by molar-refractivity contribution is 6.12. The summed E-state index contributed by atoms with van der Waals surface area (Å²) in [5.74, 6) is -0.0120. The Morgan fingerprint density at radius 1 is 1.24 bits per heavy atom. The van der Waals surface area contributed by atoms with E-state index in [0.29, 0.717) is 35.9 Å². The number of ether oxygens (including phenoxy) is 1. The number of benzene rings is 1. The number of aromatic nitrogens is 1. The summed E-state index contributed by atoms with van der Waals surface area (Å²) in [6.07, 6.45) is 2.59. The lowest BCUT2D eigenvalue weighted by molar-refractivity contribution is -0.132. The summed E-state index contributed by atoms with van der Waals surface area (Å²) < 4.78 is 7.84. The van der Waals surface area contributed by atoms with Gasteiger partial charge in [-0.05, 0) is 38.8 Å². The van der Waals surface area contributed by atoms with E-state index in [2.05, 4.69) is 9.88 Å². The van der Waals surface area contributed by atoms with Crippen molar-refractivity contribution in [2.24, 2.45) is 0 Å². The molecule has 7 heteroatoms. The summed E-state index contributed by atoms with van der Waals surface area (Å²) in [5, 5.41) is 2.84. The number of ketones is 1. The Balaban J connectivity index is 1.44. The molecule has 1 aromatic carbocycles. The monoisotopic (exact) mass is 393 g/mol. The number of urea groups is 1. The third-order valence-electron chi connectivity index (χ3n) is 6.26. The van der Waals surface area contributed by atoms with E-state index in [4.69, 9.17) is 4.74 Å². The Labute approximate surface area is 168 Å². The van der Waals surface area contributed by atoms with E-state index >= 15 is 0 Å². The number of nitrogens with one attached hydrogen (secondary N) is 1. The van der Waals surface area contributed by atoms with Gasteiger partial charge in [-0.3, -0.25) is 14.5 Å². The van der Waals surface area contributed by atoms with Gasteiger partial charge in [0.1, 0.15) is 5.75 Å². The zero-order chi connectivity index (χ0) is 20.3. The summed E-state index contributed by atoms with van der Waals surface area (Å²) in [6, 6.07) is 9.03. The minimum absolute atomic E-state index is 0.217. The number of carbonyl (C=O) groups excluding carboxylic acids is 3. The molecule has 5 rings (SSSR count). The molecule has 1 saturated carbocycles. The highest BCUT2D eigenvalue weighted by atomic mass is 16.5. The number of para-hydroxylation sites is 1. The zero-order valence-corrected chi connectivity index (χ0v) is 16.5. The standard InChI is InChI=1S/C22H23N3O4/c1-13-11-16(14(2)25(13)15-7-8-15)18(26)12-24-20(27)22(23-21(24)28)9-10-29-19-6-4-3-5-17(19)22/h3-6,11,15H,7-10,12H2,1-2H3,(H,23,28)/t22-/m1/s1. The third-order valence-corrected chi connectivity index (χ3v) is 6.26. The number of carbonyl (C=O) groups is 3. The Kier molecular flexibility index (Phi) is 3.84. The van der Waals surface area contributed by atoms with Crippen molar-refractivity contribution in [2.75, 3.05) is 13.2 Å². The highest BCUT2D eigenvalue weighted by Crippen LogP contribution is 2.41. The first-order chi connectivity index (χ1) is 13.9. The second-order valence-corrected chi connectivity index (χ2v) is 8.13. The number of fused-ring (bicyclic) bond motifs is 2. The maximum absolute atomic E-state index is 13.3. The molecule has 0 unspecified atom stereocenters. The van der Waals surface area contributed by atoms with Gasteiger partial charge in [-0.25, -0.2) is 4.79 Å². The number of Topliss-reactive ketones (excluding diaryl/α,β-unsaturated/α-hetero) is 1. The quantitative estimate of drug-likeness (QED) is 0.640. The van der Waals surface area contributed by atoms with Crippen molar-refractivity contribution < 1.29 is 19.1 Å². The lowest BCUT2D eigenvalue weighted by Gasteiger charge is -2.33. The largest absolute Gasteiger partial charge is 0.493 e. The van der Waals surface area contributed by atoms with Crippen LogP contribution in [0, 0.1) is 13.8 Å². The fraction of sp³-hybridized carbons (Fsp3) is 0.409. The number of nitrogens with zero attached hydrogens (tertiary/aromatic N) is 2. The maximum atomic E-state index is 13.3. The van der Waals surface area contributed by atoms with Gasteiger partial charge in [-0.2, -0.15) is 0 Å². The molecule has 7 nitrogen and oxygen atoms in total. The maximum Gasteiger partial charge on any atom is 0.325 e. The molecule has 1 aromatic heterocycles. The second kappa shape index (κ2) is 6.20. The molecule has 3 heterocycles. The first-order valence-electron chi connectivity index (χ1n) is 10.0. The second-order valence-electron chi connectivity index (χ2n) is 8.13. The molecule has 0 radical (unpaired) electrons.